The summed E-state index contributed by atoms with van der Waals surface area (Å²) in [5.74, 6) is 1.63. The molecule has 2 aromatic carbocycles. The number of hydrogen-bond donors (Lipinski definition) is 0. The fraction of sp³-hybridized carbons (Fsp3) is 0.333. The second kappa shape index (κ2) is 5.20. The standard InChI is InChI=1S/C18H21NO/c1-13(2)10-11-19-17-7-5-4-6-15(17)16-12-14(20-3)8-9-18(16)19/h4-9,12-13H,10-11H2,1-3H3. The highest BCUT2D eigenvalue weighted by molar-refractivity contribution is 6.08. The van der Waals surface area contributed by atoms with Gasteiger partial charge in [-0.15, -0.1) is 0 Å². The van der Waals surface area contributed by atoms with Gasteiger partial charge in [0.1, 0.15) is 5.75 Å². The highest BCUT2D eigenvalue weighted by atomic mass is 16.5. The van der Waals surface area contributed by atoms with Gasteiger partial charge in [0.15, 0.2) is 0 Å². The zero-order valence-corrected chi connectivity index (χ0v) is 12.4. The lowest BCUT2D eigenvalue weighted by Gasteiger charge is -2.09. The van der Waals surface area contributed by atoms with Crippen LogP contribution in [0.3, 0.4) is 0 Å². The Morgan fingerprint density at radius 3 is 2.50 bits per heavy atom. The molecule has 0 saturated carbocycles. The molecule has 3 rings (SSSR count). The van der Waals surface area contributed by atoms with Crippen molar-refractivity contribution in [3.63, 3.8) is 0 Å². The van der Waals surface area contributed by atoms with Gasteiger partial charge in [0.2, 0.25) is 0 Å². The van der Waals surface area contributed by atoms with Gasteiger partial charge in [-0.3, -0.25) is 0 Å². The number of methoxy groups -OCH3 is 1. The number of aryl methyl sites for hydroxylation is 1. The molecular formula is C18H21NO. The van der Waals surface area contributed by atoms with Gasteiger partial charge < -0.3 is 9.30 Å². The Hall–Kier alpha value is -1.96. The molecule has 0 N–H and O–H groups in total. The first kappa shape index (κ1) is 13.0. The summed E-state index contributed by atoms with van der Waals surface area (Å²) in [6.07, 6.45) is 1.19. The zero-order chi connectivity index (χ0) is 14.1. The van der Waals surface area contributed by atoms with Gasteiger partial charge in [0.05, 0.1) is 7.11 Å². The van der Waals surface area contributed by atoms with E-state index in [4.69, 9.17) is 4.74 Å². The Balaban J connectivity index is 2.24. The van der Waals surface area contributed by atoms with Crippen molar-refractivity contribution < 1.29 is 4.74 Å². The van der Waals surface area contributed by atoms with Crippen molar-refractivity contribution >= 4 is 21.8 Å². The van der Waals surface area contributed by atoms with Crippen LogP contribution in [0, 0.1) is 5.92 Å². The molecule has 1 aromatic heterocycles. The van der Waals surface area contributed by atoms with Crippen LogP contribution >= 0.6 is 0 Å². The number of aromatic nitrogens is 1. The summed E-state index contributed by atoms with van der Waals surface area (Å²) in [4.78, 5) is 0. The highest BCUT2D eigenvalue weighted by Crippen LogP contribution is 2.32. The second-order valence-electron chi connectivity index (χ2n) is 5.73. The van der Waals surface area contributed by atoms with Gasteiger partial charge in [-0.2, -0.15) is 0 Å². The van der Waals surface area contributed by atoms with E-state index >= 15 is 0 Å². The smallest absolute Gasteiger partial charge is 0.119 e. The summed E-state index contributed by atoms with van der Waals surface area (Å²) in [5, 5.41) is 2.59. The van der Waals surface area contributed by atoms with Crippen LogP contribution in [0.25, 0.3) is 21.8 Å². The van der Waals surface area contributed by atoms with Crippen LogP contribution in [-0.2, 0) is 6.54 Å². The first-order chi connectivity index (χ1) is 9.70. The van der Waals surface area contributed by atoms with Gasteiger partial charge >= 0.3 is 0 Å². The number of hydrogen-bond acceptors (Lipinski definition) is 1. The summed E-state index contributed by atoms with van der Waals surface area (Å²) in [6.45, 7) is 5.61. The van der Waals surface area contributed by atoms with E-state index < -0.39 is 0 Å². The Kier molecular flexibility index (Phi) is 3.39. The Labute approximate surface area is 120 Å². The summed E-state index contributed by atoms with van der Waals surface area (Å²) in [5.41, 5.74) is 2.61. The van der Waals surface area contributed by atoms with E-state index in [9.17, 15) is 0 Å². The fourth-order valence-electron chi connectivity index (χ4n) is 2.79. The Bertz CT molecular complexity index is 740. The third kappa shape index (κ3) is 2.15. The van der Waals surface area contributed by atoms with E-state index in [0.29, 0.717) is 5.92 Å². The summed E-state index contributed by atoms with van der Waals surface area (Å²) in [7, 11) is 1.72. The van der Waals surface area contributed by atoms with E-state index in [1.165, 1.54) is 28.2 Å². The first-order valence-electron chi connectivity index (χ1n) is 7.25. The lowest BCUT2D eigenvalue weighted by molar-refractivity contribution is 0.415. The van der Waals surface area contributed by atoms with Gasteiger partial charge in [-0.05, 0) is 36.6 Å². The molecule has 0 radical (unpaired) electrons. The van der Waals surface area contributed by atoms with Crippen molar-refractivity contribution in [1.29, 1.82) is 0 Å². The number of para-hydroxylation sites is 1. The maximum Gasteiger partial charge on any atom is 0.119 e. The Morgan fingerprint density at radius 2 is 1.75 bits per heavy atom. The largest absolute Gasteiger partial charge is 0.497 e. The van der Waals surface area contributed by atoms with E-state index in [-0.39, 0.29) is 0 Å². The molecule has 0 aliphatic heterocycles. The van der Waals surface area contributed by atoms with Crippen molar-refractivity contribution in [3.05, 3.63) is 42.5 Å². The molecule has 0 aliphatic rings. The van der Waals surface area contributed by atoms with Crippen LogP contribution in [0.2, 0.25) is 0 Å². The van der Waals surface area contributed by atoms with Crippen LogP contribution in [0.5, 0.6) is 5.75 Å². The van der Waals surface area contributed by atoms with Crippen LogP contribution in [-0.4, -0.2) is 11.7 Å². The fourth-order valence-corrected chi connectivity index (χ4v) is 2.79. The number of ether oxygens (including phenoxy) is 1. The average Bonchev–Trinajstić information content (AvgIpc) is 2.78. The molecule has 20 heavy (non-hydrogen) atoms. The molecule has 0 bridgehead atoms. The SMILES string of the molecule is COc1ccc2c(c1)c1ccccc1n2CCC(C)C. The quantitative estimate of drug-likeness (QED) is 0.659. The predicted molar refractivity (Wildman–Crippen MR) is 85.5 cm³/mol. The van der Waals surface area contributed by atoms with Crippen LogP contribution < -0.4 is 4.74 Å². The van der Waals surface area contributed by atoms with Crippen LogP contribution in [0.15, 0.2) is 42.5 Å². The van der Waals surface area contributed by atoms with Crippen molar-refractivity contribution in [2.24, 2.45) is 5.92 Å². The number of fused-ring (bicyclic) bond motifs is 3. The van der Waals surface area contributed by atoms with Crippen molar-refractivity contribution in [2.45, 2.75) is 26.8 Å². The minimum Gasteiger partial charge on any atom is -0.497 e. The van der Waals surface area contributed by atoms with Gasteiger partial charge in [-0.25, -0.2) is 0 Å². The minimum absolute atomic E-state index is 0.712. The van der Waals surface area contributed by atoms with E-state index in [0.717, 1.165) is 12.3 Å². The van der Waals surface area contributed by atoms with Gasteiger partial charge in [0, 0.05) is 28.4 Å². The molecular weight excluding hydrogens is 246 g/mol. The first-order valence-corrected chi connectivity index (χ1v) is 7.25. The molecule has 104 valence electrons. The third-order valence-electron chi connectivity index (χ3n) is 3.91. The topological polar surface area (TPSA) is 14.2 Å². The number of benzene rings is 2. The molecule has 0 spiro atoms. The zero-order valence-electron chi connectivity index (χ0n) is 12.4. The summed E-state index contributed by atoms with van der Waals surface area (Å²) < 4.78 is 7.80. The number of rotatable bonds is 4. The van der Waals surface area contributed by atoms with E-state index in [2.05, 4.69) is 54.8 Å². The highest BCUT2D eigenvalue weighted by Gasteiger charge is 2.11. The maximum absolute atomic E-state index is 5.37. The molecule has 0 fully saturated rings. The maximum atomic E-state index is 5.37. The summed E-state index contributed by atoms with van der Waals surface area (Å²) in [6, 6.07) is 15.0. The third-order valence-corrected chi connectivity index (χ3v) is 3.91. The second-order valence-corrected chi connectivity index (χ2v) is 5.73. The van der Waals surface area contributed by atoms with E-state index in [1.807, 2.05) is 6.07 Å². The summed E-state index contributed by atoms with van der Waals surface area (Å²) >= 11 is 0. The molecule has 1 heterocycles. The molecule has 3 aromatic rings. The van der Waals surface area contributed by atoms with Crippen LogP contribution in [0.4, 0.5) is 0 Å². The number of nitrogens with zero attached hydrogens (tertiary/aromatic N) is 1. The average molecular weight is 267 g/mol. The van der Waals surface area contributed by atoms with Crippen molar-refractivity contribution in [1.82, 2.24) is 4.57 Å². The molecule has 0 unspecified atom stereocenters. The normalized spacial score (nSPS) is 11.6. The Morgan fingerprint density at radius 1 is 1.00 bits per heavy atom. The molecule has 2 nitrogen and oxygen atoms in total. The lowest BCUT2D eigenvalue weighted by atomic mass is 10.1. The monoisotopic (exact) mass is 267 g/mol. The van der Waals surface area contributed by atoms with E-state index in [1.54, 1.807) is 7.11 Å². The molecule has 0 atom stereocenters. The molecule has 0 amide bonds. The van der Waals surface area contributed by atoms with Crippen molar-refractivity contribution in [3.8, 4) is 5.75 Å². The molecule has 2 heteroatoms. The van der Waals surface area contributed by atoms with Gasteiger partial charge in [0.25, 0.3) is 0 Å². The minimum atomic E-state index is 0.712. The van der Waals surface area contributed by atoms with Crippen molar-refractivity contribution in [2.75, 3.05) is 7.11 Å². The molecule has 0 aliphatic carbocycles. The molecule has 0 saturated heterocycles. The van der Waals surface area contributed by atoms with Crippen LogP contribution in [0.1, 0.15) is 20.3 Å². The predicted octanol–water partition coefficient (Wildman–Crippen LogP) is 4.85. The van der Waals surface area contributed by atoms with Gasteiger partial charge in [-0.1, -0.05) is 32.0 Å². The lowest BCUT2D eigenvalue weighted by Crippen LogP contribution is -2.01.